The van der Waals surface area contributed by atoms with Crippen molar-refractivity contribution >= 4 is 17.2 Å². The fourth-order valence-corrected chi connectivity index (χ4v) is 2.79. The molecule has 25 heavy (non-hydrogen) atoms. The molecule has 1 unspecified atom stereocenters. The molecule has 0 aliphatic carbocycles. The molecule has 7 heteroatoms. The highest BCUT2D eigenvalue weighted by Gasteiger charge is 2.15. The maximum absolute atomic E-state index is 12.0. The van der Waals surface area contributed by atoms with Crippen LogP contribution in [-0.2, 0) is 0 Å². The van der Waals surface area contributed by atoms with E-state index in [0.29, 0.717) is 23.2 Å². The summed E-state index contributed by atoms with van der Waals surface area (Å²) < 4.78 is 5.47. The van der Waals surface area contributed by atoms with Crippen molar-refractivity contribution in [2.75, 3.05) is 19.7 Å². The van der Waals surface area contributed by atoms with Crippen LogP contribution in [-0.4, -0.2) is 47.3 Å². The highest BCUT2D eigenvalue weighted by molar-refractivity contribution is 7.15. The van der Waals surface area contributed by atoms with Crippen LogP contribution in [0.4, 0.5) is 0 Å². The number of aromatic nitrogens is 1. The monoisotopic (exact) mass is 371 g/mol. The average molecular weight is 372 g/mol. The van der Waals surface area contributed by atoms with Gasteiger partial charge in [0.05, 0.1) is 6.20 Å². The van der Waals surface area contributed by atoms with Crippen molar-refractivity contribution in [2.45, 2.75) is 71.4 Å². The maximum Gasteiger partial charge on any atom is 0.273 e. The lowest BCUT2D eigenvalue weighted by molar-refractivity contribution is 0.0956. The van der Waals surface area contributed by atoms with Crippen molar-refractivity contribution in [3.05, 3.63) is 11.1 Å². The highest BCUT2D eigenvalue weighted by Crippen LogP contribution is 2.20. The Bertz CT molecular complexity index is 500. The van der Waals surface area contributed by atoms with E-state index in [9.17, 15) is 9.90 Å². The normalized spacial score (nSPS) is 12.8. The number of nitrogens with zero attached hydrogens (tertiary/aromatic N) is 1. The lowest BCUT2D eigenvalue weighted by Crippen LogP contribution is -2.42. The molecule has 1 amide bonds. The van der Waals surface area contributed by atoms with Gasteiger partial charge < -0.3 is 20.5 Å². The van der Waals surface area contributed by atoms with E-state index in [0.717, 1.165) is 12.8 Å². The molecule has 0 bridgehead atoms. The van der Waals surface area contributed by atoms with Gasteiger partial charge in [-0.25, -0.2) is 4.98 Å². The smallest absolute Gasteiger partial charge is 0.273 e. The first-order valence-electron chi connectivity index (χ1n) is 9.11. The first-order chi connectivity index (χ1) is 11.8. The number of rotatable bonds is 12. The van der Waals surface area contributed by atoms with Gasteiger partial charge in [-0.3, -0.25) is 4.79 Å². The first kappa shape index (κ1) is 21.9. The molecule has 1 rings (SSSR count). The van der Waals surface area contributed by atoms with Crippen LogP contribution in [0.3, 0.4) is 0 Å². The molecule has 0 radical (unpaired) electrons. The number of carbonyl (C=O) groups excluding carboxylic acids is 1. The third kappa shape index (κ3) is 10.4. The summed E-state index contributed by atoms with van der Waals surface area (Å²) in [7, 11) is 0. The van der Waals surface area contributed by atoms with Crippen molar-refractivity contribution in [1.82, 2.24) is 15.6 Å². The first-order valence-corrected chi connectivity index (χ1v) is 9.93. The van der Waals surface area contributed by atoms with Gasteiger partial charge in [0.25, 0.3) is 11.1 Å². The van der Waals surface area contributed by atoms with Crippen molar-refractivity contribution in [3.63, 3.8) is 0 Å². The molecule has 1 aromatic rings. The second-order valence-electron chi connectivity index (χ2n) is 7.26. The van der Waals surface area contributed by atoms with Gasteiger partial charge in [-0.1, -0.05) is 43.9 Å². The highest BCUT2D eigenvalue weighted by atomic mass is 32.1. The molecular weight excluding hydrogens is 338 g/mol. The number of hydrogen-bond acceptors (Lipinski definition) is 6. The summed E-state index contributed by atoms with van der Waals surface area (Å²) in [6.45, 7) is 9.58. The molecule has 1 atom stereocenters. The Labute approximate surface area is 155 Å². The molecule has 0 saturated heterocycles. The fraction of sp³-hybridized carbons (Fsp3) is 0.778. The Morgan fingerprint density at radius 3 is 2.72 bits per heavy atom. The largest absolute Gasteiger partial charge is 0.467 e. The van der Waals surface area contributed by atoms with Crippen LogP contribution in [0.5, 0.6) is 5.19 Å². The number of unbranched alkanes of at least 4 members (excludes halogenated alkanes) is 4. The van der Waals surface area contributed by atoms with Crippen LogP contribution in [0.25, 0.3) is 0 Å². The van der Waals surface area contributed by atoms with Gasteiger partial charge in [0, 0.05) is 18.6 Å². The number of amides is 1. The predicted octanol–water partition coefficient (Wildman–Crippen LogP) is 2.97. The van der Waals surface area contributed by atoms with Crippen molar-refractivity contribution in [3.8, 4) is 5.19 Å². The molecule has 1 heterocycles. The Kier molecular flexibility index (Phi) is 10.0. The fourth-order valence-electron chi connectivity index (χ4n) is 2.10. The van der Waals surface area contributed by atoms with Crippen molar-refractivity contribution < 1.29 is 14.6 Å². The molecule has 0 saturated carbocycles. The quantitative estimate of drug-likeness (QED) is 0.492. The predicted molar refractivity (Wildman–Crippen MR) is 102 cm³/mol. The summed E-state index contributed by atoms with van der Waals surface area (Å²) in [5, 5.41) is 16.4. The number of nitrogens with one attached hydrogen (secondary N) is 2. The van der Waals surface area contributed by atoms with E-state index in [-0.39, 0.29) is 18.1 Å². The molecule has 1 aromatic heterocycles. The van der Waals surface area contributed by atoms with Crippen molar-refractivity contribution in [1.29, 1.82) is 0 Å². The summed E-state index contributed by atoms with van der Waals surface area (Å²) in [5.74, 6) is -0.113. The zero-order chi connectivity index (χ0) is 18.7. The zero-order valence-corrected chi connectivity index (χ0v) is 16.7. The van der Waals surface area contributed by atoms with E-state index in [2.05, 4.69) is 22.5 Å². The summed E-state index contributed by atoms with van der Waals surface area (Å²) >= 11 is 1.20. The van der Waals surface area contributed by atoms with Gasteiger partial charge in [0.15, 0.2) is 0 Å². The van der Waals surface area contributed by atoms with Gasteiger partial charge in [-0.05, 0) is 27.2 Å². The number of aliphatic hydroxyl groups excluding tert-OH is 1. The van der Waals surface area contributed by atoms with E-state index in [1.165, 1.54) is 36.8 Å². The SMILES string of the molecule is CCCCCCCNC(=O)c1cnc(OCC(O)CNC(C)(C)C)s1. The molecule has 0 aromatic carbocycles. The summed E-state index contributed by atoms with van der Waals surface area (Å²) in [4.78, 5) is 16.7. The van der Waals surface area contributed by atoms with Crippen LogP contribution >= 0.6 is 11.3 Å². The third-order valence-electron chi connectivity index (χ3n) is 3.54. The minimum absolute atomic E-state index is 0.0516. The van der Waals surface area contributed by atoms with Crippen LogP contribution < -0.4 is 15.4 Å². The van der Waals surface area contributed by atoms with Crippen LogP contribution in [0.1, 0.15) is 69.5 Å². The van der Waals surface area contributed by atoms with E-state index >= 15 is 0 Å². The topological polar surface area (TPSA) is 83.5 Å². The molecule has 0 aliphatic heterocycles. The number of hydrogen-bond donors (Lipinski definition) is 3. The minimum atomic E-state index is -0.622. The number of aliphatic hydroxyl groups is 1. The Morgan fingerprint density at radius 1 is 1.32 bits per heavy atom. The molecule has 0 spiro atoms. The Morgan fingerprint density at radius 2 is 2.04 bits per heavy atom. The van der Waals surface area contributed by atoms with Gasteiger partial charge >= 0.3 is 0 Å². The molecule has 0 fully saturated rings. The van der Waals surface area contributed by atoms with Crippen molar-refractivity contribution in [2.24, 2.45) is 0 Å². The second kappa shape index (κ2) is 11.4. The summed E-state index contributed by atoms with van der Waals surface area (Å²) in [5.41, 5.74) is -0.0516. The van der Waals surface area contributed by atoms with E-state index in [1.807, 2.05) is 20.8 Å². The molecule has 0 aliphatic rings. The molecule has 144 valence electrons. The van der Waals surface area contributed by atoms with E-state index in [4.69, 9.17) is 4.74 Å². The van der Waals surface area contributed by atoms with Crippen LogP contribution in [0, 0.1) is 0 Å². The average Bonchev–Trinajstić information content (AvgIpc) is 3.02. The van der Waals surface area contributed by atoms with Gasteiger partial charge in [-0.15, -0.1) is 0 Å². The lowest BCUT2D eigenvalue weighted by atomic mass is 10.1. The van der Waals surface area contributed by atoms with Gasteiger partial charge in [0.1, 0.15) is 17.6 Å². The number of ether oxygens (including phenoxy) is 1. The second-order valence-corrected chi connectivity index (χ2v) is 8.25. The van der Waals surface area contributed by atoms with Gasteiger partial charge in [0.2, 0.25) is 0 Å². The van der Waals surface area contributed by atoms with E-state index in [1.54, 1.807) is 0 Å². The third-order valence-corrected chi connectivity index (χ3v) is 4.45. The van der Waals surface area contributed by atoms with Crippen LogP contribution in [0.15, 0.2) is 6.20 Å². The summed E-state index contributed by atoms with van der Waals surface area (Å²) in [6.07, 6.45) is 6.73. The Balaban J connectivity index is 2.25. The summed E-state index contributed by atoms with van der Waals surface area (Å²) in [6, 6.07) is 0. The number of β-amino-alcohol motifs (C(OH)–C–C–N with tert-alkyl or cyclic N) is 1. The lowest BCUT2D eigenvalue weighted by Gasteiger charge is -2.22. The number of carbonyl (C=O) groups is 1. The van der Waals surface area contributed by atoms with E-state index < -0.39 is 6.10 Å². The maximum atomic E-state index is 12.0. The Hall–Kier alpha value is -1.18. The zero-order valence-electron chi connectivity index (χ0n) is 15.9. The van der Waals surface area contributed by atoms with Gasteiger partial charge in [-0.2, -0.15) is 0 Å². The minimum Gasteiger partial charge on any atom is -0.467 e. The standard InChI is InChI=1S/C18H33N3O3S/c1-5-6-7-8-9-10-19-16(23)15-12-20-17(25-15)24-13-14(22)11-21-18(2,3)4/h12,14,21-22H,5-11,13H2,1-4H3,(H,19,23). The molecular formula is C18H33N3O3S. The molecule has 6 nitrogen and oxygen atoms in total. The van der Waals surface area contributed by atoms with Crippen LogP contribution in [0.2, 0.25) is 0 Å². The number of thiazole rings is 1. The molecule has 3 N–H and O–H groups in total.